The van der Waals surface area contributed by atoms with Crippen LogP contribution < -0.4 is 5.32 Å². The van der Waals surface area contributed by atoms with Crippen LogP contribution in [0.1, 0.15) is 79.1 Å². The second-order valence-electron chi connectivity index (χ2n) is 6.62. The summed E-state index contributed by atoms with van der Waals surface area (Å²) in [6.45, 7) is 10.4. The van der Waals surface area contributed by atoms with Crippen molar-refractivity contribution in [3.8, 4) is 0 Å². The second-order valence-corrected chi connectivity index (χ2v) is 6.62. The van der Waals surface area contributed by atoms with Gasteiger partial charge in [0, 0.05) is 18.6 Å². The van der Waals surface area contributed by atoms with Gasteiger partial charge in [-0.2, -0.15) is 0 Å². The lowest BCUT2D eigenvalue weighted by molar-refractivity contribution is 0.189. The van der Waals surface area contributed by atoms with Gasteiger partial charge in [0.15, 0.2) is 0 Å². The Kier molecular flexibility index (Phi) is 12.6. The quantitative estimate of drug-likeness (QED) is 0.494. The molecule has 0 radical (unpaired) electrons. The molecule has 0 rings (SSSR count). The van der Waals surface area contributed by atoms with E-state index in [0.717, 1.165) is 12.5 Å². The van der Waals surface area contributed by atoms with Gasteiger partial charge in [-0.1, -0.05) is 65.7 Å². The predicted molar refractivity (Wildman–Crippen MR) is 92.4 cm³/mol. The van der Waals surface area contributed by atoms with Gasteiger partial charge in [0.1, 0.15) is 0 Å². The average molecular weight is 285 g/mol. The van der Waals surface area contributed by atoms with Crippen molar-refractivity contribution in [2.45, 2.75) is 91.1 Å². The summed E-state index contributed by atoms with van der Waals surface area (Å²) in [7, 11) is 4.44. The van der Waals surface area contributed by atoms with Crippen molar-refractivity contribution >= 4 is 0 Å². The second kappa shape index (κ2) is 12.6. The highest BCUT2D eigenvalue weighted by Gasteiger charge is 2.20. The van der Waals surface area contributed by atoms with Gasteiger partial charge in [0.2, 0.25) is 0 Å². The van der Waals surface area contributed by atoms with Crippen LogP contribution in [0.4, 0.5) is 0 Å². The zero-order chi connectivity index (χ0) is 15.4. The van der Waals surface area contributed by atoms with E-state index in [1.54, 1.807) is 0 Å². The van der Waals surface area contributed by atoms with Gasteiger partial charge in [0.25, 0.3) is 0 Å². The Morgan fingerprint density at radius 2 is 1.50 bits per heavy atom. The molecule has 20 heavy (non-hydrogen) atoms. The molecular formula is C18H40N2. The Morgan fingerprint density at radius 1 is 0.900 bits per heavy atom. The number of unbranched alkanes of at least 4 members (excludes halogenated alkanes) is 4. The highest BCUT2D eigenvalue weighted by molar-refractivity contribution is 4.78. The van der Waals surface area contributed by atoms with Crippen LogP contribution in [0.5, 0.6) is 0 Å². The van der Waals surface area contributed by atoms with Crippen LogP contribution >= 0.6 is 0 Å². The molecule has 0 fully saturated rings. The lowest BCUT2D eigenvalue weighted by Crippen LogP contribution is -2.45. The average Bonchev–Trinajstić information content (AvgIpc) is 2.42. The Balaban J connectivity index is 3.90. The fourth-order valence-corrected chi connectivity index (χ4v) is 3.08. The summed E-state index contributed by atoms with van der Waals surface area (Å²) in [5, 5.41) is 3.76. The first-order valence-corrected chi connectivity index (χ1v) is 8.96. The van der Waals surface area contributed by atoms with Crippen LogP contribution in [-0.2, 0) is 0 Å². The molecule has 0 aliphatic carbocycles. The van der Waals surface area contributed by atoms with Crippen molar-refractivity contribution in [2.75, 3.05) is 20.6 Å². The van der Waals surface area contributed by atoms with Gasteiger partial charge in [-0.05, 0) is 33.4 Å². The van der Waals surface area contributed by atoms with E-state index in [4.69, 9.17) is 0 Å². The van der Waals surface area contributed by atoms with Crippen molar-refractivity contribution in [1.29, 1.82) is 0 Å². The first-order valence-electron chi connectivity index (χ1n) is 8.96. The third kappa shape index (κ3) is 8.97. The summed E-state index contributed by atoms with van der Waals surface area (Å²) in [6, 6.07) is 1.33. The van der Waals surface area contributed by atoms with Gasteiger partial charge >= 0.3 is 0 Å². The lowest BCUT2D eigenvalue weighted by atomic mass is 9.93. The number of hydrogen-bond acceptors (Lipinski definition) is 2. The van der Waals surface area contributed by atoms with Crippen molar-refractivity contribution in [3.63, 3.8) is 0 Å². The molecule has 0 saturated heterocycles. The molecule has 2 heteroatoms. The highest BCUT2D eigenvalue weighted by Crippen LogP contribution is 2.16. The molecule has 0 bridgehead atoms. The zero-order valence-corrected chi connectivity index (χ0v) is 15.0. The molecule has 0 aromatic carbocycles. The molecule has 2 atom stereocenters. The minimum absolute atomic E-state index is 0.661. The van der Waals surface area contributed by atoms with Gasteiger partial charge in [0.05, 0.1) is 0 Å². The van der Waals surface area contributed by atoms with Gasteiger partial charge < -0.3 is 10.2 Å². The van der Waals surface area contributed by atoms with Crippen molar-refractivity contribution in [3.05, 3.63) is 0 Å². The molecule has 0 aliphatic heterocycles. The van der Waals surface area contributed by atoms with Crippen LogP contribution in [-0.4, -0.2) is 37.6 Å². The monoisotopic (exact) mass is 284 g/mol. The van der Waals surface area contributed by atoms with E-state index in [1.165, 1.54) is 51.4 Å². The fourth-order valence-electron chi connectivity index (χ4n) is 3.08. The van der Waals surface area contributed by atoms with E-state index in [2.05, 4.69) is 52.0 Å². The van der Waals surface area contributed by atoms with Crippen LogP contribution in [0.2, 0.25) is 0 Å². The normalized spacial score (nSPS) is 15.0. The van der Waals surface area contributed by atoms with E-state index in [0.29, 0.717) is 12.1 Å². The standard InChI is InChI=1S/C18H40N2/c1-7-10-11-12-13-14-16(4)19-15-18(20(5)6)17(8-2)9-3/h16-19H,7-15H2,1-6H3. The fraction of sp³-hybridized carbons (Fsp3) is 1.00. The largest absolute Gasteiger partial charge is 0.313 e. The first kappa shape index (κ1) is 19.9. The minimum Gasteiger partial charge on any atom is -0.313 e. The molecule has 1 N–H and O–H groups in total. The molecule has 0 saturated carbocycles. The van der Waals surface area contributed by atoms with Crippen LogP contribution in [0, 0.1) is 5.92 Å². The van der Waals surface area contributed by atoms with Gasteiger partial charge in [-0.15, -0.1) is 0 Å². The Hall–Kier alpha value is -0.0800. The molecule has 0 aromatic rings. The molecule has 2 unspecified atom stereocenters. The molecule has 2 nitrogen and oxygen atoms in total. The van der Waals surface area contributed by atoms with E-state index in [-0.39, 0.29) is 0 Å². The van der Waals surface area contributed by atoms with E-state index >= 15 is 0 Å². The lowest BCUT2D eigenvalue weighted by Gasteiger charge is -2.32. The number of likely N-dealkylation sites (N-methyl/N-ethyl adjacent to an activating group) is 1. The smallest absolute Gasteiger partial charge is 0.0242 e. The summed E-state index contributed by atoms with van der Waals surface area (Å²) < 4.78 is 0. The maximum absolute atomic E-state index is 3.76. The molecule has 0 amide bonds. The van der Waals surface area contributed by atoms with E-state index in [1.807, 2.05) is 0 Å². The Morgan fingerprint density at radius 3 is 2.00 bits per heavy atom. The van der Waals surface area contributed by atoms with Crippen LogP contribution in [0.3, 0.4) is 0 Å². The summed E-state index contributed by atoms with van der Waals surface area (Å²) in [6.07, 6.45) is 10.8. The SMILES string of the molecule is CCCCCCCC(C)NCC(C(CC)CC)N(C)C. The molecule has 122 valence electrons. The third-order valence-corrected chi connectivity index (χ3v) is 4.67. The number of nitrogens with one attached hydrogen (secondary N) is 1. The summed E-state index contributed by atoms with van der Waals surface area (Å²) in [4.78, 5) is 2.40. The minimum atomic E-state index is 0.661. The van der Waals surface area contributed by atoms with E-state index in [9.17, 15) is 0 Å². The topological polar surface area (TPSA) is 15.3 Å². The predicted octanol–water partition coefficient (Wildman–Crippen LogP) is 4.69. The maximum atomic E-state index is 3.76. The summed E-state index contributed by atoms with van der Waals surface area (Å²) in [5.41, 5.74) is 0. The van der Waals surface area contributed by atoms with Crippen molar-refractivity contribution in [1.82, 2.24) is 10.2 Å². The zero-order valence-electron chi connectivity index (χ0n) is 15.0. The molecule has 0 heterocycles. The first-order chi connectivity index (χ1) is 9.56. The van der Waals surface area contributed by atoms with Crippen molar-refractivity contribution in [2.24, 2.45) is 5.92 Å². The van der Waals surface area contributed by atoms with E-state index < -0.39 is 0 Å². The molecule has 0 aliphatic rings. The van der Waals surface area contributed by atoms with Crippen molar-refractivity contribution < 1.29 is 0 Å². The molecule has 0 aromatic heterocycles. The Bertz CT molecular complexity index is 200. The summed E-state index contributed by atoms with van der Waals surface area (Å²) in [5.74, 6) is 0.814. The van der Waals surface area contributed by atoms with Gasteiger partial charge in [-0.3, -0.25) is 0 Å². The maximum Gasteiger partial charge on any atom is 0.0242 e. The highest BCUT2D eigenvalue weighted by atomic mass is 15.1. The third-order valence-electron chi connectivity index (χ3n) is 4.67. The van der Waals surface area contributed by atoms with Gasteiger partial charge in [-0.25, -0.2) is 0 Å². The molecule has 0 spiro atoms. The van der Waals surface area contributed by atoms with Crippen LogP contribution in [0.15, 0.2) is 0 Å². The Labute approximate surface area is 128 Å². The number of rotatable bonds is 13. The number of nitrogens with zero attached hydrogens (tertiary/aromatic N) is 1. The summed E-state index contributed by atoms with van der Waals surface area (Å²) >= 11 is 0. The van der Waals surface area contributed by atoms with Crippen LogP contribution in [0.25, 0.3) is 0 Å². The molecular weight excluding hydrogens is 244 g/mol. The number of hydrogen-bond donors (Lipinski definition) is 1.